The Kier molecular flexibility index (Phi) is 5.96. The number of anilines is 4. The van der Waals surface area contributed by atoms with Gasteiger partial charge in [0.25, 0.3) is 0 Å². The molecule has 0 unspecified atom stereocenters. The van der Waals surface area contributed by atoms with Crippen LogP contribution in [0.1, 0.15) is 0 Å². The first kappa shape index (κ1) is 26.2. The van der Waals surface area contributed by atoms with Gasteiger partial charge < -0.3 is 24.2 Å². The van der Waals surface area contributed by atoms with Crippen molar-refractivity contribution in [3.05, 3.63) is 146 Å². The molecule has 2 aromatic heterocycles. The lowest BCUT2D eigenvalue weighted by molar-refractivity contribution is 0.360. The summed E-state index contributed by atoms with van der Waals surface area (Å²) in [5, 5.41) is 2.34. The van der Waals surface area contributed by atoms with Gasteiger partial charge in [-0.05, 0) is 72.8 Å². The van der Waals surface area contributed by atoms with Gasteiger partial charge in [0.1, 0.15) is 5.82 Å². The maximum absolute atomic E-state index is 6.60. The van der Waals surface area contributed by atoms with Gasteiger partial charge in [-0.15, -0.1) is 0 Å². The van der Waals surface area contributed by atoms with Crippen LogP contribution in [-0.2, 0) is 0 Å². The first-order valence-electron chi connectivity index (χ1n) is 15.3. The van der Waals surface area contributed by atoms with Gasteiger partial charge in [0.15, 0.2) is 23.0 Å². The second-order valence-electron chi connectivity index (χ2n) is 11.5. The first-order chi connectivity index (χ1) is 22.7. The fourth-order valence-electron chi connectivity index (χ4n) is 6.48. The molecular formula is C39H29N5O2. The average molecular weight is 600 g/mol. The molecule has 0 spiro atoms. The fraction of sp³-hybridized carbons (Fsp3) is 0.0513. The maximum Gasteiger partial charge on any atom is 0.194 e. The Morgan fingerprint density at radius 1 is 0.630 bits per heavy atom. The number of para-hydroxylation sites is 4. The average Bonchev–Trinajstić information content (AvgIpc) is 3.69. The summed E-state index contributed by atoms with van der Waals surface area (Å²) in [6.45, 7) is 0.786. The summed E-state index contributed by atoms with van der Waals surface area (Å²) in [6.07, 6.45) is 6.04. The normalized spacial score (nSPS) is 13.4. The van der Waals surface area contributed by atoms with Crippen molar-refractivity contribution < 1.29 is 9.47 Å². The maximum atomic E-state index is 6.60. The van der Waals surface area contributed by atoms with Crippen LogP contribution in [0.4, 0.5) is 22.7 Å². The first-order valence-corrected chi connectivity index (χ1v) is 15.3. The minimum Gasteiger partial charge on any atom is -0.449 e. The van der Waals surface area contributed by atoms with Crippen molar-refractivity contribution in [3.63, 3.8) is 0 Å². The molecule has 7 nitrogen and oxygen atoms in total. The van der Waals surface area contributed by atoms with Crippen molar-refractivity contribution >= 4 is 44.6 Å². The minimum absolute atomic E-state index is 0.665. The second kappa shape index (κ2) is 10.5. The van der Waals surface area contributed by atoms with Crippen LogP contribution in [0.5, 0.6) is 23.0 Å². The molecule has 0 N–H and O–H groups in total. The van der Waals surface area contributed by atoms with E-state index in [2.05, 4.69) is 118 Å². The molecule has 0 bridgehead atoms. The Labute approximate surface area is 266 Å². The number of pyridine rings is 1. The molecule has 0 atom stereocenters. The van der Waals surface area contributed by atoms with E-state index in [1.54, 1.807) is 0 Å². The molecule has 9 rings (SSSR count). The van der Waals surface area contributed by atoms with Gasteiger partial charge in [0, 0.05) is 53.5 Å². The number of fused-ring (bicyclic) bond motifs is 5. The zero-order valence-electron chi connectivity index (χ0n) is 25.1. The highest BCUT2D eigenvalue weighted by atomic mass is 16.6. The van der Waals surface area contributed by atoms with Gasteiger partial charge in [0.2, 0.25) is 0 Å². The quantitative estimate of drug-likeness (QED) is 0.196. The smallest absolute Gasteiger partial charge is 0.194 e. The number of hydrogen-bond donors (Lipinski definition) is 0. The molecule has 222 valence electrons. The lowest BCUT2D eigenvalue weighted by Gasteiger charge is -2.31. The van der Waals surface area contributed by atoms with E-state index in [4.69, 9.17) is 14.5 Å². The molecular weight excluding hydrogens is 570 g/mol. The summed E-state index contributed by atoms with van der Waals surface area (Å²) >= 11 is 0. The Bertz CT molecular complexity index is 2290. The Hall–Kier alpha value is -6.21. The molecule has 7 aromatic rings. The summed E-state index contributed by atoms with van der Waals surface area (Å²) in [6, 6.07) is 43.6. The van der Waals surface area contributed by atoms with Crippen molar-refractivity contribution in [2.75, 3.05) is 23.5 Å². The number of aromatic nitrogens is 2. The molecule has 0 saturated carbocycles. The highest BCUT2D eigenvalue weighted by Crippen LogP contribution is 2.52. The van der Waals surface area contributed by atoms with E-state index >= 15 is 0 Å². The van der Waals surface area contributed by atoms with Gasteiger partial charge in [0.05, 0.1) is 23.4 Å². The standard InChI is InChI=1S/C39H29N5O2/c1-41-22-23-42(26-41)27-10-8-11-28(24-27)43(33-14-9-17-37-39(33)46-36-16-5-4-15-35(36)45-37)29-19-20-31-30-12-2-3-13-32(30)44(34(31)25-29)38-18-6-7-21-40-38/h2-25H,26H2,1H3. The van der Waals surface area contributed by atoms with E-state index in [9.17, 15) is 0 Å². The highest BCUT2D eigenvalue weighted by molar-refractivity contribution is 6.10. The summed E-state index contributed by atoms with van der Waals surface area (Å²) in [4.78, 5) is 11.4. The lowest BCUT2D eigenvalue weighted by atomic mass is 10.1. The Morgan fingerprint density at radius 3 is 2.24 bits per heavy atom. The number of ether oxygens (including phenoxy) is 2. The van der Waals surface area contributed by atoms with Crippen LogP contribution in [0, 0.1) is 0 Å². The second-order valence-corrected chi connectivity index (χ2v) is 11.5. The Balaban J connectivity index is 1.28. The number of benzene rings is 5. The van der Waals surface area contributed by atoms with Crippen LogP contribution in [-0.4, -0.2) is 28.2 Å². The zero-order valence-corrected chi connectivity index (χ0v) is 25.1. The van der Waals surface area contributed by atoms with E-state index in [-0.39, 0.29) is 0 Å². The van der Waals surface area contributed by atoms with Crippen LogP contribution in [0.3, 0.4) is 0 Å². The van der Waals surface area contributed by atoms with E-state index in [0.29, 0.717) is 23.0 Å². The van der Waals surface area contributed by atoms with Crippen molar-refractivity contribution in [2.45, 2.75) is 0 Å². The van der Waals surface area contributed by atoms with Gasteiger partial charge in [-0.25, -0.2) is 4.98 Å². The van der Waals surface area contributed by atoms with E-state index in [0.717, 1.165) is 51.7 Å². The number of rotatable bonds is 5. The van der Waals surface area contributed by atoms with Crippen molar-refractivity contribution in [2.24, 2.45) is 0 Å². The molecule has 5 aromatic carbocycles. The van der Waals surface area contributed by atoms with E-state index in [1.165, 1.54) is 5.39 Å². The molecule has 0 aliphatic carbocycles. The summed E-state index contributed by atoms with van der Waals surface area (Å²) in [5.41, 5.74) is 6.12. The predicted molar refractivity (Wildman–Crippen MR) is 184 cm³/mol. The van der Waals surface area contributed by atoms with Gasteiger partial charge in [-0.3, -0.25) is 4.57 Å². The minimum atomic E-state index is 0.665. The van der Waals surface area contributed by atoms with Crippen molar-refractivity contribution in [1.29, 1.82) is 0 Å². The monoisotopic (exact) mass is 599 g/mol. The molecule has 2 aliphatic rings. The van der Waals surface area contributed by atoms with Crippen LogP contribution >= 0.6 is 0 Å². The number of nitrogens with zero attached hydrogens (tertiary/aromatic N) is 5. The third-order valence-corrected chi connectivity index (χ3v) is 8.57. The summed E-state index contributed by atoms with van der Waals surface area (Å²) in [5.74, 6) is 3.59. The molecule has 7 heteroatoms. The molecule has 2 aliphatic heterocycles. The molecule has 0 fully saturated rings. The van der Waals surface area contributed by atoms with Gasteiger partial charge >= 0.3 is 0 Å². The van der Waals surface area contributed by atoms with Crippen molar-refractivity contribution in [1.82, 2.24) is 14.5 Å². The zero-order chi connectivity index (χ0) is 30.6. The van der Waals surface area contributed by atoms with E-state index in [1.807, 2.05) is 54.7 Å². The third kappa shape index (κ3) is 4.24. The summed E-state index contributed by atoms with van der Waals surface area (Å²) in [7, 11) is 2.08. The topological polar surface area (TPSA) is 46.0 Å². The SMILES string of the molecule is CN1C=CN(c2cccc(N(c3ccc4c5ccccc5n(-c5ccccn5)c4c3)c3cccc4c3Oc3ccccc3O4)c2)C1. The fourth-order valence-corrected chi connectivity index (χ4v) is 6.48. The highest BCUT2D eigenvalue weighted by Gasteiger charge is 2.27. The predicted octanol–water partition coefficient (Wildman–Crippen LogP) is 9.73. The van der Waals surface area contributed by atoms with Crippen LogP contribution < -0.4 is 19.3 Å². The van der Waals surface area contributed by atoms with Gasteiger partial charge in [-0.2, -0.15) is 0 Å². The molecule has 0 saturated heterocycles. The van der Waals surface area contributed by atoms with Crippen LogP contribution in [0.2, 0.25) is 0 Å². The third-order valence-electron chi connectivity index (χ3n) is 8.57. The van der Waals surface area contributed by atoms with Gasteiger partial charge in [-0.1, -0.05) is 54.6 Å². The van der Waals surface area contributed by atoms with Crippen LogP contribution in [0.15, 0.2) is 146 Å². The lowest BCUT2D eigenvalue weighted by Crippen LogP contribution is -2.22. The summed E-state index contributed by atoms with van der Waals surface area (Å²) < 4.78 is 15.2. The molecule has 46 heavy (non-hydrogen) atoms. The molecule has 0 radical (unpaired) electrons. The number of hydrogen-bond acceptors (Lipinski definition) is 6. The Morgan fingerprint density at radius 2 is 1.39 bits per heavy atom. The van der Waals surface area contributed by atoms with Crippen molar-refractivity contribution in [3.8, 4) is 28.8 Å². The molecule has 4 heterocycles. The molecule has 0 amide bonds. The van der Waals surface area contributed by atoms with E-state index < -0.39 is 0 Å². The largest absolute Gasteiger partial charge is 0.449 e. The van der Waals surface area contributed by atoms with Crippen LogP contribution in [0.25, 0.3) is 27.6 Å².